The number of fused-ring (bicyclic) bond motifs is 3. The molecule has 3 nitrogen and oxygen atoms in total. The summed E-state index contributed by atoms with van der Waals surface area (Å²) in [5.74, 6) is 0. The van der Waals surface area contributed by atoms with Crippen molar-refractivity contribution < 1.29 is 4.79 Å². The monoisotopic (exact) mass is 332 g/mol. The Kier molecular flexibility index (Phi) is 4.66. The number of carbonyl (C=O) groups is 1. The summed E-state index contributed by atoms with van der Waals surface area (Å²) in [4.78, 5) is 14.7. The Labute approximate surface area is 148 Å². The van der Waals surface area contributed by atoms with E-state index in [1.54, 1.807) is 0 Å². The molecular weight excluding hydrogens is 308 g/mol. The molecule has 25 heavy (non-hydrogen) atoms. The molecule has 0 spiro atoms. The maximum atomic E-state index is 11.1. The van der Waals surface area contributed by atoms with E-state index < -0.39 is 0 Å². The summed E-state index contributed by atoms with van der Waals surface area (Å²) in [6.07, 6.45) is 6.66. The lowest BCUT2D eigenvalue weighted by Gasteiger charge is -2.24. The Hall–Kier alpha value is -2.39. The van der Waals surface area contributed by atoms with Crippen molar-refractivity contribution in [1.29, 1.82) is 0 Å². The maximum absolute atomic E-state index is 11.1. The van der Waals surface area contributed by atoms with Gasteiger partial charge in [0.2, 0.25) is 0 Å². The van der Waals surface area contributed by atoms with Crippen LogP contribution in [0, 0.1) is 0 Å². The van der Waals surface area contributed by atoms with Gasteiger partial charge in [0.25, 0.3) is 0 Å². The minimum absolute atomic E-state index is 0.395. The van der Waals surface area contributed by atoms with Gasteiger partial charge in [-0.25, -0.2) is 0 Å². The van der Waals surface area contributed by atoms with Gasteiger partial charge in [0.15, 0.2) is 0 Å². The molecule has 2 N–H and O–H groups in total. The highest BCUT2D eigenvalue weighted by Crippen LogP contribution is 2.35. The van der Waals surface area contributed by atoms with E-state index in [1.807, 2.05) is 18.2 Å². The molecule has 1 heterocycles. The van der Waals surface area contributed by atoms with E-state index in [1.165, 1.54) is 35.0 Å². The highest BCUT2D eigenvalue weighted by molar-refractivity contribution is 5.90. The predicted molar refractivity (Wildman–Crippen MR) is 102 cm³/mol. The van der Waals surface area contributed by atoms with Gasteiger partial charge in [-0.3, -0.25) is 4.79 Å². The first-order valence-electron chi connectivity index (χ1n) is 9.22. The number of hydrogen-bond donors (Lipinski definition) is 2. The number of hydrogen-bond acceptors (Lipinski definition) is 2. The number of aromatic nitrogens is 1. The summed E-state index contributed by atoms with van der Waals surface area (Å²) < 4.78 is 0. The third-order valence-electron chi connectivity index (χ3n) is 5.24. The van der Waals surface area contributed by atoms with E-state index >= 15 is 0 Å². The smallest absolute Gasteiger partial charge is 0.150 e. The SMILES string of the molecule is O=Cc1ccc2[nH]c3c(c2c1)CCCC3NCCCc1ccccc1. The fraction of sp³-hybridized carbons (Fsp3) is 0.318. The maximum Gasteiger partial charge on any atom is 0.150 e. The molecule has 3 heteroatoms. The summed E-state index contributed by atoms with van der Waals surface area (Å²) in [5, 5.41) is 4.95. The van der Waals surface area contributed by atoms with E-state index in [4.69, 9.17) is 0 Å². The van der Waals surface area contributed by atoms with Gasteiger partial charge in [-0.2, -0.15) is 0 Å². The van der Waals surface area contributed by atoms with E-state index in [-0.39, 0.29) is 0 Å². The average Bonchev–Trinajstić information content (AvgIpc) is 3.04. The van der Waals surface area contributed by atoms with Crippen LogP contribution < -0.4 is 5.32 Å². The highest BCUT2D eigenvalue weighted by atomic mass is 16.1. The Balaban J connectivity index is 1.45. The minimum Gasteiger partial charge on any atom is -0.357 e. The topological polar surface area (TPSA) is 44.9 Å². The molecule has 2 aromatic carbocycles. The summed E-state index contributed by atoms with van der Waals surface area (Å²) in [5.41, 5.74) is 6.02. The zero-order chi connectivity index (χ0) is 17.1. The van der Waals surface area contributed by atoms with Crippen LogP contribution in [0.5, 0.6) is 0 Å². The number of benzene rings is 2. The lowest BCUT2D eigenvalue weighted by Crippen LogP contribution is -2.26. The van der Waals surface area contributed by atoms with Crippen LogP contribution in [0.3, 0.4) is 0 Å². The van der Waals surface area contributed by atoms with E-state index in [2.05, 4.69) is 40.6 Å². The van der Waals surface area contributed by atoms with Crippen LogP contribution in [-0.2, 0) is 12.8 Å². The molecule has 0 aliphatic heterocycles. The first-order valence-corrected chi connectivity index (χ1v) is 9.22. The molecule has 0 bridgehead atoms. The molecule has 1 unspecified atom stereocenters. The van der Waals surface area contributed by atoms with E-state index in [0.29, 0.717) is 6.04 Å². The Bertz CT molecular complexity index is 866. The highest BCUT2D eigenvalue weighted by Gasteiger charge is 2.23. The Morgan fingerprint density at radius 3 is 2.88 bits per heavy atom. The second-order valence-electron chi connectivity index (χ2n) is 6.93. The van der Waals surface area contributed by atoms with Gasteiger partial charge in [-0.15, -0.1) is 0 Å². The van der Waals surface area contributed by atoms with E-state index in [9.17, 15) is 4.79 Å². The van der Waals surface area contributed by atoms with Crippen LogP contribution in [0.4, 0.5) is 0 Å². The fourth-order valence-corrected chi connectivity index (χ4v) is 3.97. The van der Waals surface area contributed by atoms with Crippen molar-refractivity contribution in [3.05, 3.63) is 70.9 Å². The lowest BCUT2D eigenvalue weighted by molar-refractivity contribution is 0.112. The van der Waals surface area contributed by atoms with Crippen molar-refractivity contribution in [2.24, 2.45) is 0 Å². The normalized spacial score (nSPS) is 16.7. The van der Waals surface area contributed by atoms with Crippen molar-refractivity contribution in [3.63, 3.8) is 0 Å². The zero-order valence-corrected chi connectivity index (χ0v) is 14.4. The number of nitrogens with one attached hydrogen (secondary N) is 2. The summed E-state index contributed by atoms with van der Waals surface area (Å²) in [7, 11) is 0. The molecule has 0 amide bonds. The predicted octanol–water partition coefficient (Wildman–Crippen LogP) is 4.58. The standard InChI is InChI=1S/C22H24N2O/c25-15-17-11-12-20-19(14-17)18-9-4-10-21(22(18)24-20)23-13-5-8-16-6-2-1-3-7-16/h1-3,6-7,11-12,14-15,21,23-24H,4-5,8-10,13H2. The molecule has 0 radical (unpaired) electrons. The first-order chi connectivity index (χ1) is 12.3. The second-order valence-corrected chi connectivity index (χ2v) is 6.93. The van der Waals surface area contributed by atoms with Gasteiger partial charge < -0.3 is 10.3 Å². The molecule has 1 aliphatic rings. The van der Waals surface area contributed by atoms with Crippen molar-refractivity contribution in [2.45, 2.75) is 38.1 Å². The van der Waals surface area contributed by atoms with Crippen molar-refractivity contribution in [1.82, 2.24) is 10.3 Å². The molecule has 128 valence electrons. The number of rotatable bonds is 6. The molecule has 0 saturated carbocycles. The number of aromatic amines is 1. The van der Waals surface area contributed by atoms with Gasteiger partial charge in [0.1, 0.15) is 6.29 Å². The second kappa shape index (κ2) is 7.24. The molecule has 1 atom stereocenters. The van der Waals surface area contributed by atoms with Crippen LogP contribution in [-0.4, -0.2) is 17.8 Å². The van der Waals surface area contributed by atoms with Gasteiger partial charge >= 0.3 is 0 Å². The van der Waals surface area contributed by atoms with Crippen LogP contribution in [0.25, 0.3) is 10.9 Å². The largest absolute Gasteiger partial charge is 0.357 e. The van der Waals surface area contributed by atoms with Gasteiger partial charge in [0, 0.05) is 28.2 Å². The average molecular weight is 332 g/mol. The molecular formula is C22H24N2O. The molecule has 0 saturated heterocycles. The summed E-state index contributed by atoms with van der Waals surface area (Å²) >= 11 is 0. The van der Waals surface area contributed by atoms with Crippen LogP contribution in [0.15, 0.2) is 48.5 Å². The number of H-pyrrole nitrogens is 1. The molecule has 0 fully saturated rings. The number of aryl methyl sites for hydroxylation is 2. The van der Waals surface area contributed by atoms with Gasteiger partial charge in [0.05, 0.1) is 0 Å². The summed E-state index contributed by atoms with van der Waals surface area (Å²) in [6, 6.07) is 17.0. The lowest BCUT2D eigenvalue weighted by atomic mass is 9.91. The quantitative estimate of drug-likeness (QED) is 0.512. The third-order valence-corrected chi connectivity index (χ3v) is 5.24. The van der Waals surface area contributed by atoms with Gasteiger partial charge in [-0.1, -0.05) is 30.3 Å². The minimum atomic E-state index is 0.395. The molecule has 1 aromatic heterocycles. The van der Waals surface area contributed by atoms with Crippen molar-refractivity contribution in [2.75, 3.05) is 6.54 Å². The van der Waals surface area contributed by atoms with Crippen LogP contribution in [0.2, 0.25) is 0 Å². The van der Waals surface area contributed by atoms with Crippen molar-refractivity contribution in [3.8, 4) is 0 Å². The number of aldehydes is 1. The fourth-order valence-electron chi connectivity index (χ4n) is 3.97. The Morgan fingerprint density at radius 1 is 1.16 bits per heavy atom. The van der Waals surface area contributed by atoms with E-state index in [0.717, 1.165) is 43.2 Å². The third kappa shape index (κ3) is 3.38. The van der Waals surface area contributed by atoms with Gasteiger partial charge in [-0.05, 0) is 68.0 Å². The summed E-state index contributed by atoms with van der Waals surface area (Å²) in [6.45, 7) is 1.02. The Morgan fingerprint density at radius 2 is 2.04 bits per heavy atom. The molecule has 3 aromatic rings. The van der Waals surface area contributed by atoms with Crippen molar-refractivity contribution >= 4 is 17.2 Å². The molecule has 1 aliphatic carbocycles. The zero-order valence-electron chi connectivity index (χ0n) is 14.4. The van der Waals surface area contributed by atoms with Crippen LogP contribution >= 0.6 is 0 Å². The molecule has 4 rings (SSSR count). The number of carbonyl (C=O) groups excluding carboxylic acids is 1. The van der Waals surface area contributed by atoms with Crippen LogP contribution in [0.1, 0.15) is 52.5 Å². The first kappa shape index (κ1) is 16.1.